The van der Waals surface area contributed by atoms with Crippen molar-refractivity contribution in [1.82, 2.24) is 10.2 Å². The maximum atomic E-state index is 12.8. The summed E-state index contributed by atoms with van der Waals surface area (Å²) < 4.78 is 10.9. The van der Waals surface area contributed by atoms with Gasteiger partial charge in [-0.05, 0) is 63.4 Å². The second kappa shape index (κ2) is 8.29. The molecule has 27 heavy (non-hydrogen) atoms. The van der Waals surface area contributed by atoms with Crippen LogP contribution in [0.1, 0.15) is 55.8 Å². The van der Waals surface area contributed by atoms with Gasteiger partial charge in [-0.2, -0.15) is 0 Å². The monoisotopic (exact) mass is 370 g/mol. The number of nitrogens with one attached hydrogen (secondary N) is 1. The Hall–Kier alpha value is -2.76. The number of ether oxygens (including phenoxy) is 1. The van der Waals surface area contributed by atoms with Gasteiger partial charge < -0.3 is 19.4 Å². The molecule has 2 heterocycles. The van der Waals surface area contributed by atoms with Crippen LogP contribution in [0.15, 0.2) is 47.1 Å². The standard InChI is InChI=1S/C21H26N2O4/c1-14(2)27-17-8-4-7-16(13-17)15(3)22-20(24)18-9-5-11-23(18)21(25)19-10-6-12-26-19/h4,6-8,10,12-15,18H,5,9,11H2,1-3H3,(H,22,24)/t15?,18-/m0/s1. The molecule has 6 heteroatoms. The second-order valence-corrected chi connectivity index (χ2v) is 7.10. The molecule has 6 nitrogen and oxygen atoms in total. The van der Waals surface area contributed by atoms with Crippen molar-refractivity contribution >= 4 is 11.8 Å². The van der Waals surface area contributed by atoms with Crippen LogP contribution in [-0.4, -0.2) is 35.4 Å². The van der Waals surface area contributed by atoms with E-state index in [1.807, 2.05) is 45.0 Å². The lowest BCUT2D eigenvalue weighted by molar-refractivity contribution is -0.125. The number of hydrogen-bond acceptors (Lipinski definition) is 4. The largest absolute Gasteiger partial charge is 0.491 e. The van der Waals surface area contributed by atoms with E-state index in [4.69, 9.17) is 9.15 Å². The summed E-state index contributed by atoms with van der Waals surface area (Å²) in [6.45, 7) is 6.44. The van der Waals surface area contributed by atoms with Crippen molar-refractivity contribution in [2.24, 2.45) is 0 Å². The molecule has 3 rings (SSSR count). The second-order valence-electron chi connectivity index (χ2n) is 7.10. The van der Waals surface area contributed by atoms with Gasteiger partial charge in [0.05, 0.1) is 18.4 Å². The number of nitrogens with zero attached hydrogens (tertiary/aromatic N) is 1. The number of hydrogen-bond donors (Lipinski definition) is 1. The Morgan fingerprint density at radius 1 is 1.22 bits per heavy atom. The summed E-state index contributed by atoms with van der Waals surface area (Å²) in [5.41, 5.74) is 0.961. The molecule has 2 amide bonds. The molecule has 1 N–H and O–H groups in total. The van der Waals surface area contributed by atoms with E-state index in [9.17, 15) is 9.59 Å². The van der Waals surface area contributed by atoms with Gasteiger partial charge in [0, 0.05) is 6.54 Å². The number of likely N-dealkylation sites (tertiary alicyclic amines) is 1. The van der Waals surface area contributed by atoms with Crippen molar-refractivity contribution in [3.8, 4) is 5.75 Å². The Morgan fingerprint density at radius 3 is 2.74 bits per heavy atom. The Labute approximate surface area is 159 Å². The van der Waals surface area contributed by atoms with Gasteiger partial charge >= 0.3 is 0 Å². The van der Waals surface area contributed by atoms with Crippen molar-refractivity contribution in [3.63, 3.8) is 0 Å². The predicted octanol–water partition coefficient (Wildman–Crippen LogP) is 3.55. The van der Waals surface area contributed by atoms with Crippen LogP contribution in [0, 0.1) is 0 Å². The molecule has 1 aromatic heterocycles. The molecule has 1 aromatic carbocycles. The fraction of sp³-hybridized carbons (Fsp3) is 0.429. The van der Waals surface area contributed by atoms with Crippen LogP contribution in [0.2, 0.25) is 0 Å². The molecule has 0 radical (unpaired) electrons. The molecular formula is C21H26N2O4. The first kappa shape index (κ1) is 19.0. The number of rotatable bonds is 6. The van der Waals surface area contributed by atoms with Gasteiger partial charge in [0.2, 0.25) is 5.91 Å². The summed E-state index contributed by atoms with van der Waals surface area (Å²) >= 11 is 0. The Kier molecular flexibility index (Phi) is 5.84. The average molecular weight is 370 g/mol. The predicted molar refractivity (Wildman–Crippen MR) is 102 cm³/mol. The van der Waals surface area contributed by atoms with E-state index in [0.29, 0.717) is 13.0 Å². The lowest BCUT2D eigenvalue weighted by Gasteiger charge is -2.25. The van der Waals surface area contributed by atoms with Crippen LogP contribution >= 0.6 is 0 Å². The minimum absolute atomic E-state index is 0.0878. The van der Waals surface area contributed by atoms with Crippen molar-refractivity contribution in [3.05, 3.63) is 54.0 Å². The molecule has 1 aliphatic rings. The summed E-state index contributed by atoms with van der Waals surface area (Å²) in [6.07, 6.45) is 3.01. The molecule has 0 bridgehead atoms. The zero-order valence-corrected chi connectivity index (χ0v) is 16.0. The summed E-state index contributed by atoms with van der Waals surface area (Å²) in [7, 11) is 0. The number of furan rings is 1. The summed E-state index contributed by atoms with van der Waals surface area (Å²) in [4.78, 5) is 27.0. The van der Waals surface area contributed by atoms with Crippen LogP contribution in [0.25, 0.3) is 0 Å². The molecule has 1 aliphatic heterocycles. The number of benzene rings is 1. The fourth-order valence-electron chi connectivity index (χ4n) is 3.35. The zero-order valence-electron chi connectivity index (χ0n) is 16.0. The first-order valence-electron chi connectivity index (χ1n) is 9.37. The Morgan fingerprint density at radius 2 is 2.04 bits per heavy atom. The summed E-state index contributed by atoms with van der Waals surface area (Å²) in [5, 5.41) is 3.03. The van der Waals surface area contributed by atoms with Gasteiger partial charge in [0.25, 0.3) is 5.91 Å². The first-order valence-corrected chi connectivity index (χ1v) is 9.37. The van der Waals surface area contributed by atoms with Crippen molar-refractivity contribution in [2.45, 2.75) is 51.8 Å². The van der Waals surface area contributed by atoms with E-state index >= 15 is 0 Å². The van der Waals surface area contributed by atoms with Crippen molar-refractivity contribution in [1.29, 1.82) is 0 Å². The molecule has 0 aliphatic carbocycles. The molecule has 2 aromatic rings. The Balaban J connectivity index is 1.66. The van der Waals surface area contributed by atoms with Crippen LogP contribution in [0.3, 0.4) is 0 Å². The van der Waals surface area contributed by atoms with E-state index in [1.54, 1.807) is 17.0 Å². The quantitative estimate of drug-likeness (QED) is 0.844. The van der Waals surface area contributed by atoms with Gasteiger partial charge in [0.15, 0.2) is 5.76 Å². The molecule has 1 fully saturated rings. The molecule has 144 valence electrons. The van der Waals surface area contributed by atoms with E-state index in [-0.39, 0.29) is 29.7 Å². The van der Waals surface area contributed by atoms with Gasteiger partial charge in [0.1, 0.15) is 11.8 Å². The number of amides is 2. The van der Waals surface area contributed by atoms with Gasteiger partial charge in [-0.3, -0.25) is 9.59 Å². The normalized spacial score (nSPS) is 17.8. The highest BCUT2D eigenvalue weighted by Gasteiger charge is 2.36. The third-order valence-corrected chi connectivity index (χ3v) is 4.64. The van der Waals surface area contributed by atoms with Gasteiger partial charge in [-0.25, -0.2) is 0 Å². The van der Waals surface area contributed by atoms with Gasteiger partial charge in [-0.1, -0.05) is 12.1 Å². The molecule has 0 spiro atoms. The van der Waals surface area contributed by atoms with E-state index in [1.165, 1.54) is 6.26 Å². The number of carbonyl (C=O) groups excluding carboxylic acids is 2. The minimum Gasteiger partial charge on any atom is -0.491 e. The van der Waals surface area contributed by atoms with Crippen LogP contribution in [-0.2, 0) is 4.79 Å². The Bertz CT molecular complexity index is 785. The fourth-order valence-corrected chi connectivity index (χ4v) is 3.35. The highest BCUT2D eigenvalue weighted by atomic mass is 16.5. The van der Waals surface area contributed by atoms with E-state index in [0.717, 1.165) is 17.7 Å². The van der Waals surface area contributed by atoms with Crippen molar-refractivity contribution < 1.29 is 18.7 Å². The molecule has 1 saturated heterocycles. The lowest BCUT2D eigenvalue weighted by atomic mass is 10.1. The first-order chi connectivity index (χ1) is 13.0. The topological polar surface area (TPSA) is 71.8 Å². The van der Waals surface area contributed by atoms with Crippen molar-refractivity contribution in [2.75, 3.05) is 6.54 Å². The minimum atomic E-state index is -0.472. The number of carbonyl (C=O) groups is 2. The van der Waals surface area contributed by atoms with Crippen LogP contribution in [0.4, 0.5) is 0 Å². The highest BCUT2D eigenvalue weighted by molar-refractivity contribution is 5.96. The van der Waals surface area contributed by atoms with E-state index in [2.05, 4.69) is 5.32 Å². The van der Waals surface area contributed by atoms with Gasteiger partial charge in [-0.15, -0.1) is 0 Å². The lowest BCUT2D eigenvalue weighted by Crippen LogP contribution is -2.46. The maximum Gasteiger partial charge on any atom is 0.290 e. The third-order valence-electron chi connectivity index (χ3n) is 4.64. The summed E-state index contributed by atoms with van der Waals surface area (Å²) in [6, 6.07) is 10.3. The maximum absolute atomic E-state index is 12.8. The SMILES string of the molecule is CC(C)Oc1cccc(C(C)NC(=O)[C@@H]2CCCN2C(=O)c2ccco2)c1. The third kappa shape index (κ3) is 4.51. The highest BCUT2D eigenvalue weighted by Crippen LogP contribution is 2.23. The smallest absolute Gasteiger partial charge is 0.290 e. The molecule has 1 unspecified atom stereocenters. The molecular weight excluding hydrogens is 344 g/mol. The molecule has 2 atom stereocenters. The molecule has 0 saturated carbocycles. The average Bonchev–Trinajstić information content (AvgIpc) is 3.32. The summed E-state index contributed by atoms with van der Waals surface area (Å²) in [5.74, 6) is 0.660. The van der Waals surface area contributed by atoms with Crippen LogP contribution < -0.4 is 10.1 Å². The van der Waals surface area contributed by atoms with E-state index < -0.39 is 6.04 Å². The zero-order chi connectivity index (χ0) is 19.4. The van der Waals surface area contributed by atoms with Crippen LogP contribution in [0.5, 0.6) is 5.75 Å².